The maximum absolute atomic E-state index is 13.3. The Morgan fingerprint density at radius 2 is 1.94 bits per heavy atom. The van der Waals surface area contributed by atoms with E-state index in [1.165, 1.54) is 10.4 Å². The van der Waals surface area contributed by atoms with E-state index in [1.807, 2.05) is 35.9 Å². The molecule has 9 nitrogen and oxygen atoms in total. The minimum absolute atomic E-state index is 0.0245. The molecular formula is C23H23IN4O5S. The number of H-pyrrole nitrogens is 1. The highest BCUT2D eigenvalue weighted by atomic mass is 127. The monoisotopic (exact) mass is 594 g/mol. The van der Waals surface area contributed by atoms with E-state index in [9.17, 15) is 13.2 Å². The van der Waals surface area contributed by atoms with Gasteiger partial charge in [0.25, 0.3) is 5.56 Å². The number of alkyl halides is 1. The molecule has 1 aliphatic heterocycles. The first-order valence-electron chi connectivity index (χ1n) is 10.9. The topological polar surface area (TPSA) is 110 Å². The van der Waals surface area contributed by atoms with Gasteiger partial charge in [-0.3, -0.25) is 9.48 Å². The average molecular weight is 594 g/mol. The number of rotatable bonds is 7. The lowest BCUT2D eigenvalue weighted by Crippen LogP contribution is -2.29. The number of hydrogen-bond donors (Lipinski definition) is 1. The molecule has 4 aromatic rings. The normalized spacial score (nSPS) is 19.1. The number of para-hydroxylation sites is 1. The lowest BCUT2D eigenvalue weighted by Gasteiger charge is -2.17. The van der Waals surface area contributed by atoms with Crippen LogP contribution in [0.1, 0.15) is 24.4 Å². The van der Waals surface area contributed by atoms with Gasteiger partial charge in [-0.2, -0.15) is 14.6 Å². The number of fused-ring (bicyclic) bond motifs is 1. The first-order valence-corrected chi connectivity index (χ1v) is 13.6. The second kappa shape index (κ2) is 9.19. The van der Waals surface area contributed by atoms with E-state index >= 15 is 0 Å². The van der Waals surface area contributed by atoms with Crippen molar-refractivity contribution < 1.29 is 17.7 Å². The fourth-order valence-corrected chi connectivity index (χ4v) is 7.03. The largest absolute Gasteiger partial charge is 0.494 e. The lowest BCUT2D eigenvalue weighted by atomic mass is 10.1. The van der Waals surface area contributed by atoms with Gasteiger partial charge in [0.15, 0.2) is 0 Å². The fourth-order valence-electron chi connectivity index (χ4n) is 4.28. The molecule has 1 saturated heterocycles. The van der Waals surface area contributed by atoms with Crippen LogP contribution in [-0.4, -0.2) is 51.3 Å². The standard InChI is InChI=1S/C23H23IN4O5S/c1-2-32-15-7-9-17(10-8-15)34(30,31)27-13-19(24)22(14-27)28-21-6-4-3-5-18(21)20(25-28)11-16-12-23(29)26-33-16/h3-10,12,19,22H,2,11,13-14H2,1H3,(H,26,29)/t19-,22+/m1/s1. The van der Waals surface area contributed by atoms with Gasteiger partial charge in [0.05, 0.1) is 35.2 Å². The smallest absolute Gasteiger partial charge is 0.280 e. The zero-order chi connectivity index (χ0) is 23.9. The highest BCUT2D eigenvalue weighted by molar-refractivity contribution is 14.1. The second-order valence-electron chi connectivity index (χ2n) is 8.07. The van der Waals surface area contributed by atoms with Gasteiger partial charge in [-0.15, -0.1) is 0 Å². The summed E-state index contributed by atoms with van der Waals surface area (Å²) in [4.78, 5) is 11.7. The van der Waals surface area contributed by atoms with E-state index in [1.54, 1.807) is 24.3 Å². The van der Waals surface area contributed by atoms with E-state index in [0.717, 1.165) is 16.6 Å². The Morgan fingerprint density at radius 1 is 1.18 bits per heavy atom. The molecule has 1 fully saturated rings. The van der Waals surface area contributed by atoms with Crippen LogP contribution in [0.15, 0.2) is 68.8 Å². The molecule has 0 bridgehead atoms. The van der Waals surface area contributed by atoms with Crippen molar-refractivity contribution in [3.05, 3.63) is 76.4 Å². The molecular weight excluding hydrogens is 571 g/mol. The minimum atomic E-state index is -3.66. The molecule has 0 radical (unpaired) electrons. The number of sulfonamides is 1. The van der Waals surface area contributed by atoms with Crippen molar-refractivity contribution in [1.29, 1.82) is 0 Å². The Morgan fingerprint density at radius 3 is 2.65 bits per heavy atom. The molecule has 1 N–H and O–H groups in total. The summed E-state index contributed by atoms with van der Waals surface area (Å²) in [7, 11) is -3.66. The summed E-state index contributed by atoms with van der Waals surface area (Å²) < 4.78 is 40.8. The molecule has 2 atom stereocenters. The van der Waals surface area contributed by atoms with Crippen molar-refractivity contribution in [2.45, 2.75) is 28.2 Å². The molecule has 0 aliphatic carbocycles. The Balaban J connectivity index is 1.44. The highest BCUT2D eigenvalue weighted by Crippen LogP contribution is 2.35. The molecule has 5 rings (SSSR count). The molecule has 0 spiro atoms. The van der Waals surface area contributed by atoms with Gasteiger partial charge in [0.1, 0.15) is 11.5 Å². The van der Waals surface area contributed by atoms with Gasteiger partial charge in [0, 0.05) is 28.5 Å². The quantitative estimate of drug-likeness (QED) is 0.260. The Kier molecular flexibility index (Phi) is 6.25. The molecule has 178 valence electrons. The zero-order valence-electron chi connectivity index (χ0n) is 18.3. The Labute approximate surface area is 209 Å². The number of nitrogens with zero attached hydrogens (tertiary/aromatic N) is 3. The fraction of sp³-hybridized carbons (Fsp3) is 0.304. The molecule has 0 unspecified atom stereocenters. The predicted octanol–water partition coefficient (Wildman–Crippen LogP) is 3.36. The first-order chi connectivity index (χ1) is 16.4. The van der Waals surface area contributed by atoms with E-state index in [-0.39, 0.29) is 20.4 Å². The van der Waals surface area contributed by atoms with Crippen LogP contribution < -0.4 is 10.3 Å². The summed E-state index contributed by atoms with van der Waals surface area (Å²) >= 11 is 2.31. The van der Waals surface area contributed by atoms with Crippen LogP contribution in [0.3, 0.4) is 0 Å². The number of hydrogen-bond acceptors (Lipinski definition) is 6. The zero-order valence-corrected chi connectivity index (χ0v) is 21.3. The Bertz CT molecular complexity index is 1480. The van der Waals surface area contributed by atoms with Crippen LogP contribution in [0.25, 0.3) is 10.9 Å². The minimum Gasteiger partial charge on any atom is -0.494 e. The third-order valence-electron chi connectivity index (χ3n) is 5.88. The van der Waals surface area contributed by atoms with Crippen LogP contribution in [0.2, 0.25) is 0 Å². The van der Waals surface area contributed by atoms with Gasteiger partial charge >= 0.3 is 0 Å². The van der Waals surface area contributed by atoms with Gasteiger partial charge in [0.2, 0.25) is 10.0 Å². The average Bonchev–Trinajstić information content (AvgIpc) is 3.52. The maximum Gasteiger partial charge on any atom is 0.280 e. The molecule has 0 amide bonds. The van der Waals surface area contributed by atoms with Gasteiger partial charge in [-0.05, 0) is 37.3 Å². The number of nitrogens with one attached hydrogen (secondary N) is 1. The van der Waals surface area contributed by atoms with Crippen molar-refractivity contribution in [2.75, 3.05) is 19.7 Å². The number of ether oxygens (including phenoxy) is 1. The van der Waals surface area contributed by atoms with E-state index in [2.05, 4.69) is 27.7 Å². The van der Waals surface area contributed by atoms with Crippen molar-refractivity contribution in [3.8, 4) is 5.75 Å². The number of halogens is 1. The van der Waals surface area contributed by atoms with Crippen molar-refractivity contribution in [3.63, 3.8) is 0 Å². The van der Waals surface area contributed by atoms with Crippen LogP contribution in [0.4, 0.5) is 0 Å². The number of aromatic nitrogens is 3. The van der Waals surface area contributed by atoms with Crippen LogP contribution in [-0.2, 0) is 16.4 Å². The molecule has 3 heterocycles. The number of benzene rings is 2. The van der Waals surface area contributed by atoms with E-state index in [0.29, 0.717) is 37.6 Å². The first kappa shape index (κ1) is 23.1. The molecule has 2 aromatic carbocycles. The summed E-state index contributed by atoms with van der Waals surface area (Å²) in [5, 5.41) is 8.10. The van der Waals surface area contributed by atoms with E-state index in [4.69, 9.17) is 14.4 Å². The summed E-state index contributed by atoms with van der Waals surface area (Å²) in [5.41, 5.74) is 1.40. The molecule has 11 heteroatoms. The van der Waals surface area contributed by atoms with Crippen LogP contribution >= 0.6 is 22.6 Å². The third kappa shape index (κ3) is 4.27. The van der Waals surface area contributed by atoms with Gasteiger partial charge in [-0.1, -0.05) is 40.8 Å². The molecule has 1 aliphatic rings. The van der Waals surface area contributed by atoms with Crippen molar-refractivity contribution in [1.82, 2.24) is 19.2 Å². The van der Waals surface area contributed by atoms with Crippen molar-refractivity contribution >= 4 is 43.5 Å². The Hall–Kier alpha value is -2.64. The SMILES string of the molecule is CCOc1ccc(S(=O)(=O)N2C[C@@H](I)[C@@H](n3nc(Cc4cc(=O)[nH]o4)c4ccccc43)C2)cc1. The molecule has 0 saturated carbocycles. The lowest BCUT2D eigenvalue weighted by molar-refractivity contribution is 0.340. The van der Waals surface area contributed by atoms with Crippen LogP contribution in [0.5, 0.6) is 5.75 Å². The van der Waals surface area contributed by atoms with Crippen molar-refractivity contribution in [2.24, 2.45) is 0 Å². The van der Waals surface area contributed by atoms with Crippen LogP contribution in [0, 0.1) is 0 Å². The summed E-state index contributed by atoms with van der Waals surface area (Å²) in [6, 6.07) is 15.6. The highest BCUT2D eigenvalue weighted by Gasteiger charge is 2.40. The predicted molar refractivity (Wildman–Crippen MR) is 135 cm³/mol. The van der Waals surface area contributed by atoms with E-state index < -0.39 is 10.0 Å². The van der Waals surface area contributed by atoms with Gasteiger partial charge < -0.3 is 9.26 Å². The summed E-state index contributed by atoms with van der Waals surface area (Å²) in [5.74, 6) is 1.14. The number of aromatic amines is 1. The maximum atomic E-state index is 13.3. The summed E-state index contributed by atoms with van der Waals surface area (Å²) in [6.45, 7) is 3.10. The second-order valence-corrected chi connectivity index (χ2v) is 11.6. The molecule has 34 heavy (non-hydrogen) atoms. The summed E-state index contributed by atoms with van der Waals surface area (Å²) in [6.07, 6.45) is 0.360. The third-order valence-corrected chi connectivity index (χ3v) is 8.95. The van der Waals surface area contributed by atoms with Gasteiger partial charge in [-0.25, -0.2) is 8.42 Å². The molecule has 2 aromatic heterocycles.